The molecule has 12 heteroatoms. The van der Waals surface area contributed by atoms with Gasteiger partial charge in [0.15, 0.2) is 13.9 Å². The molecule has 5 atom stereocenters. The first-order valence-corrected chi connectivity index (χ1v) is 19.3. The minimum absolute atomic E-state index is 0.00892. The Hall–Kier alpha value is -2.61. The van der Waals surface area contributed by atoms with Crippen LogP contribution in [0.2, 0.25) is 18.6 Å². The molecule has 10 nitrogen and oxygen atoms in total. The van der Waals surface area contributed by atoms with Crippen molar-refractivity contribution in [1.82, 2.24) is 10.2 Å². The van der Waals surface area contributed by atoms with E-state index in [1.807, 2.05) is 62.5 Å². The molecule has 4 heterocycles. The summed E-state index contributed by atoms with van der Waals surface area (Å²) < 4.78 is 7.65. The third kappa shape index (κ3) is 5.33. The highest BCUT2D eigenvalue weighted by atomic mass is 79.9. The third-order valence-corrected chi connectivity index (χ3v) is 12.9. The summed E-state index contributed by atoms with van der Waals surface area (Å²) in [5.74, 6) is -0.714. The lowest BCUT2D eigenvalue weighted by atomic mass is 9.82. The molecule has 1 spiro atoms. The Morgan fingerprint density at radius 1 is 1.18 bits per heavy atom. The summed E-state index contributed by atoms with van der Waals surface area (Å²) in [6.45, 7) is 8.04. The SMILES string of the molecule is C[C@@H]1[C@@H]([Si](C)(C)O)[C@H](CC(=O)N2CCC[C@H]2CO)O[C@@]12C(=O)N(Cc1cccc(N3CCNCC3=O)c1)c1ccc(Br)cc12. The van der Waals surface area contributed by atoms with Crippen LogP contribution < -0.4 is 15.1 Å². The lowest BCUT2D eigenvalue weighted by Crippen LogP contribution is -2.48. The zero-order valence-corrected chi connectivity index (χ0v) is 28.0. The fourth-order valence-electron chi connectivity index (χ4n) is 7.93. The Kier molecular flexibility index (Phi) is 8.53. The van der Waals surface area contributed by atoms with Gasteiger partial charge in [-0.3, -0.25) is 14.4 Å². The van der Waals surface area contributed by atoms with E-state index in [0.29, 0.717) is 26.2 Å². The summed E-state index contributed by atoms with van der Waals surface area (Å²) in [5.41, 5.74) is 1.39. The van der Waals surface area contributed by atoms with Gasteiger partial charge < -0.3 is 34.7 Å². The summed E-state index contributed by atoms with van der Waals surface area (Å²) in [7, 11) is -2.94. The number of carbonyl (C=O) groups excluding carboxylic acids is 3. The van der Waals surface area contributed by atoms with Crippen LogP contribution >= 0.6 is 15.9 Å². The van der Waals surface area contributed by atoms with Gasteiger partial charge in [-0.05, 0) is 61.8 Å². The molecule has 2 aromatic carbocycles. The number of fused-ring (bicyclic) bond motifs is 2. The molecule has 0 aromatic heterocycles. The number of amides is 3. The van der Waals surface area contributed by atoms with Crippen LogP contribution in [0.15, 0.2) is 46.9 Å². The Labute approximate surface area is 267 Å². The van der Waals surface area contributed by atoms with Gasteiger partial charge in [0.25, 0.3) is 5.91 Å². The summed E-state index contributed by atoms with van der Waals surface area (Å²) in [5, 5.41) is 12.9. The van der Waals surface area contributed by atoms with E-state index in [4.69, 9.17) is 4.74 Å². The summed E-state index contributed by atoms with van der Waals surface area (Å²) in [4.78, 5) is 57.7. The van der Waals surface area contributed by atoms with Gasteiger partial charge in [0, 0.05) is 46.8 Å². The van der Waals surface area contributed by atoms with Gasteiger partial charge in [-0.15, -0.1) is 0 Å². The first kappa shape index (κ1) is 31.4. The fourth-order valence-corrected chi connectivity index (χ4v) is 10.8. The van der Waals surface area contributed by atoms with Crippen molar-refractivity contribution in [2.45, 2.75) is 69.1 Å². The molecule has 6 rings (SSSR count). The highest BCUT2D eigenvalue weighted by Crippen LogP contribution is 2.60. The number of rotatable bonds is 7. The highest BCUT2D eigenvalue weighted by Gasteiger charge is 2.66. The van der Waals surface area contributed by atoms with Crippen LogP contribution in [0.5, 0.6) is 0 Å². The maximum absolute atomic E-state index is 14.7. The van der Waals surface area contributed by atoms with Gasteiger partial charge in [-0.2, -0.15) is 0 Å². The first-order chi connectivity index (χ1) is 21.0. The average Bonchev–Trinajstić information content (AvgIpc) is 3.64. The number of hydrogen-bond donors (Lipinski definition) is 3. The molecule has 0 radical (unpaired) electrons. The average molecular weight is 686 g/mol. The number of anilines is 2. The van der Waals surface area contributed by atoms with Crippen LogP contribution in [0.4, 0.5) is 11.4 Å². The second-order valence-electron chi connectivity index (χ2n) is 13.1. The van der Waals surface area contributed by atoms with Crippen molar-refractivity contribution in [1.29, 1.82) is 0 Å². The van der Waals surface area contributed by atoms with Crippen molar-refractivity contribution >= 4 is 53.3 Å². The van der Waals surface area contributed by atoms with Gasteiger partial charge in [-0.25, -0.2) is 0 Å². The lowest BCUT2D eigenvalue weighted by molar-refractivity contribution is -0.150. The minimum atomic E-state index is -2.94. The smallest absolute Gasteiger partial charge is 0.264 e. The number of piperazine rings is 1. The van der Waals surface area contributed by atoms with E-state index in [-0.39, 0.29) is 48.9 Å². The van der Waals surface area contributed by atoms with E-state index < -0.39 is 25.9 Å². The van der Waals surface area contributed by atoms with Crippen molar-refractivity contribution in [3.8, 4) is 0 Å². The molecule has 0 aliphatic carbocycles. The summed E-state index contributed by atoms with van der Waals surface area (Å²) >= 11 is 3.60. The normalized spacial score (nSPS) is 28.8. The Balaban J connectivity index is 1.34. The number of aliphatic hydroxyl groups excluding tert-OH is 1. The quantitative estimate of drug-likeness (QED) is 0.383. The molecule has 3 saturated heterocycles. The molecule has 0 bridgehead atoms. The number of nitrogens with one attached hydrogen (secondary N) is 1. The van der Waals surface area contributed by atoms with Crippen molar-refractivity contribution < 1.29 is 29.0 Å². The van der Waals surface area contributed by atoms with Crippen LogP contribution in [-0.4, -0.2) is 85.8 Å². The molecule has 0 unspecified atom stereocenters. The summed E-state index contributed by atoms with van der Waals surface area (Å²) in [6, 6.07) is 13.3. The molecule has 2 aromatic rings. The van der Waals surface area contributed by atoms with Crippen LogP contribution in [0.25, 0.3) is 0 Å². The van der Waals surface area contributed by atoms with Crippen LogP contribution in [-0.2, 0) is 31.3 Å². The van der Waals surface area contributed by atoms with E-state index in [9.17, 15) is 24.3 Å². The highest BCUT2D eigenvalue weighted by molar-refractivity contribution is 9.10. The topological polar surface area (TPSA) is 123 Å². The van der Waals surface area contributed by atoms with Gasteiger partial charge in [-0.1, -0.05) is 35.0 Å². The van der Waals surface area contributed by atoms with Crippen molar-refractivity contribution in [2.75, 3.05) is 42.6 Å². The van der Waals surface area contributed by atoms with Crippen LogP contribution in [0, 0.1) is 5.92 Å². The van der Waals surface area contributed by atoms with E-state index in [2.05, 4.69) is 21.2 Å². The number of benzene rings is 2. The maximum Gasteiger partial charge on any atom is 0.264 e. The number of carbonyl (C=O) groups is 3. The third-order valence-electron chi connectivity index (χ3n) is 9.88. The Morgan fingerprint density at radius 3 is 2.70 bits per heavy atom. The largest absolute Gasteiger partial charge is 0.432 e. The number of hydrogen-bond acceptors (Lipinski definition) is 7. The van der Waals surface area contributed by atoms with Crippen LogP contribution in [0.3, 0.4) is 0 Å². The Morgan fingerprint density at radius 2 is 1.98 bits per heavy atom. The van der Waals surface area contributed by atoms with Crippen molar-refractivity contribution in [3.63, 3.8) is 0 Å². The molecular weight excluding hydrogens is 644 g/mol. The predicted octanol–water partition coefficient (Wildman–Crippen LogP) is 3.10. The fraction of sp³-hybridized carbons (Fsp3) is 0.531. The Bertz CT molecular complexity index is 1470. The predicted molar refractivity (Wildman–Crippen MR) is 173 cm³/mol. The zero-order valence-electron chi connectivity index (χ0n) is 25.5. The van der Waals surface area contributed by atoms with Gasteiger partial charge in [0.2, 0.25) is 11.8 Å². The number of nitrogens with zero attached hydrogens (tertiary/aromatic N) is 3. The molecule has 3 N–H and O–H groups in total. The van der Waals surface area contributed by atoms with E-state index in [1.165, 1.54) is 0 Å². The molecule has 4 aliphatic rings. The zero-order chi connectivity index (χ0) is 31.4. The van der Waals surface area contributed by atoms with Crippen molar-refractivity contribution in [2.24, 2.45) is 5.92 Å². The molecule has 44 heavy (non-hydrogen) atoms. The molecule has 236 valence electrons. The molecule has 0 saturated carbocycles. The van der Waals surface area contributed by atoms with E-state index >= 15 is 0 Å². The monoisotopic (exact) mass is 684 g/mol. The van der Waals surface area contributed by atoms with Crippen LogP contribution in [0.1, 0.15) is 37.3 Å². The second kappa shape index (κ2) is 12.0. The second-order valence-corrected chi connectivity index (χ2v) is 18.0. The maximum atomic E-state index is 14.7. The molecule has 3 fully saturated rings. The minimum Gasteiger partial charge on any atom is -0.432 e. The van der Waals surface area contributed by atoms with E-state index in [0.717, 1.165) is 39.8 Å². The number of halogens is 1. The molecular formula is C32H41BrN4O6Si. The lowest BCUT2D eigenvalue weighted by Gasteiger charge is -2.33. The number of likely N-dealkylation sites (tertiary alicyclic amines) is 1. The van der Waals surface area contributed by atoms with E-state index in [1.54, 1.807) is 14.7 Å². The van der Waals surface area contributed by atoms with Crippen molar-refractivity contribution in [3.05, 3.63) is 58.1 Å². The van der Waals surface area contributed by atoms with Gasteiger partial charge in [0.1, 0.15) is 0 Å². The van der Waals surface area contributed by atoms with Gasteiger partial charge in [0.05, 0.1) is 44.0 Å². The van der Waals surface area contributed by atoms with Gasteiger partial charge >= 0.3 is 0 Å². The molecule has 4 aliphatic heterocycles. The standard InChI is InChI=1S/C32H41BrN4O6Si/c1-20-30(44(2,3)42)27(16-28(39)35-12-5-8-24(35)19-38)43-32(20)25-15-22(33)9-10-26(25)37(31(32)41)18-21-6-4-7-23(14-21)36-13-11-34-17-29(36)40/h4,6-7,9-10,14-15,20,24,27,30,34,38,42H,5,8,11-13,16-19H2,1-3H3/t20-,24+,27+,30-,32+/m1/s1. The first-order valence-electron chi connectivity index (χ1n) is 15.5. The number of aliphatic hydroxyl groups is 1. The summed E-state index contributed by atoms with van der Waals surface area (Å²) in [6.07, 6.45) is 0.991. The molecule has 3 amide bonds. The number of ether oxygens (including phenoxy) is 1.